The first-order chi connectivity index (χ1) is 24.7. The number of aliphatic carboxylic acids is 3. The number of hydrogen-bond donors (Lipinski definition) is 12. The molecule has 7 atom stereocenters. The second kappa shape index (κ2) is 22.4. The fraction of sp³-hybridized carbons (Fsp3) is 0.667. The molecule has 298 valence electrons. The number of rotatable bonds is 23. The molecule has 1 aliphatic heterocycles. The Labute approximate surface area is 303 Å². The number of carbonyl (C=O) groups is 9. The molecular weight excluding hydrogens is 708 g/mol. The van der Waals surface area contributed by atoms with Crippen LogP contribution in [0.15, 0.2) is 4.99 Å². The molecule has 1 aliphatic rings. The van der Waals surface area contributed by atoms with Crippen molar-refractivity contribution in [1.82, 2.24) is 31.5 Å². The number of guanidine groups is 1. The van der Waals surface area contributed by atoms with E-state index in [1.165, 1.54) is 11.8 Å². The van der Waals surface area contributed by atoms with Gasteiger partial charge in [0.25, 0.3) is 0 Å². The fourth-order valence-electron chi connectivity index (χ4n) is 5.13. The highest BCUT2D eigenvalue weighted by atomic mass is 16.4. The Morgan fingerprint density at radius 1 is 0.792 bits per heavy atom. The van der Waals surface area contributed by atoms with Gasteiger partial charge in [-0.05, 0) is 52.4 Å². The predicted molar refractivity (Wildman–Crippen MR) is 182 cm³/mol. The largest absolute Gasteiger partial charge is 0.481 e. The van der Waals surface area contributed by atoms with Crippen LogP contribution < -0.4 is 43.8 Å². The lowest BCUT2D eigenvalue weighted by atomic mass is 10.0. The number of nitrogens with zero attached hydrogens (tertiary/aromatic N) is 2. The van der Waals surface area contributed by atoms with Crippen LogP contribution in [0.1, 0.15) is 65.2 Å². The molecule has 6 amide bonds. The maximum absolute atomic E-state index is 13.4. The Morgan fingerprint density at radius 2 is 1.30 bits per heavy atom. The van der Waals surface area contributed by atoms with Crippen molar-refractivity contribution in [2.75, 3.05) is 19.6 Å². The second-order valence-corrected chi connectivity index (χ2v) is 12.3. The first-order valence-corrected chi connectivity index (χ1v) is 16.7. The Balaban J connectivity index is 3.17. The number of aliphatic hydroxyl groups is 1. The van der Waals surface area contributed by atoms with Crippen LogP contribution in [0, 0.1) is 0 Å². The van der Waals surface area contributed by atoms with Crippen LogP contribution in [0.2, 0.25) is 0 Å². The molecule has 23 heteroatoms. The van der Waals surface area contributed by atoms with Crippen molar-refractivity contribution in [3.05, 3.63) is 0 Å². The number of carboxylic acids is 3. The van der Waals surface area contributed by atoms with Crippen molar-refractivity contribution < 1.29 is 63.6 Å². The third-order valence-corrected chi connectivity index (χ3v) is 7.85. The van der Waals surface area contributed by atoms with Crippen LogP contribution in [0.4, 0.5) is 0 Å². The summed E-state index contributed by atoms with van der Waals surface area (Å²) in [6.45, 7) is 2.15. The van der Waals surface area contributed by atoms with Gasteiger partial charge in [-0.1, -0.05) is 0 Å². The van der Waals surface area contributed by atoms with E-state index >= 15 is 0 Å². The molecule has 1 saturated heterocycles. The van der Waals surface area contributed by atoms with E-state index in [0.29, 0.717) is 12.8 Å². The van der Waals surface area contributed by atoms with Crippen molar-refractivity contribution >= 4 is 59.3 Å². The van der Waals surface area contributed by atoms with E-state index in [9.17, 15) is 63.6 Å². The van der Waals surface area contributed by atoms with E-state index in [0.717, 1.165) is 6.92 Å². The molecule has 53 heavy (non-hydrogen) atoms. The van der Waals surface area contributed by atoms with Crippen LogP contribution in [0.5, 0.6) is 0 Å². The third kappa shape index (κ3) is 16.5. The first-order valence-electron chi connectivity index (χ1n) is 16.7. The lowest BCUT2D eigenvalue weighted by molar-refractivity contribution is -0.145. The molecule has 7 unspecified atom stereocenters. The molecule has 1 rings (SSSR count). The molecule has 0 aromatic carbocycles. The maximum Gasteiger partial charge on any atom is 0.328 e. The summed E-state index contributed by atoms with van der Waals surface area (Å²) in [5, 5.41) is 48.9. The Kier molecular flexibility index (Phi) is 19.2. The summed E-state index contributed by atoms with van der Waals surface area (Å²) in [5.41, 5.74) is 16.3. The molecule has 15 N–H and O–H groups in total. The summed E-state index contributed by atoms with van der Waals surface area (Å²) >= 11 is 0. The average molecular weight is 759 g/mol. The van der Waals surface area contributed by atoms with Crippen molar-refractivity contribution in [2.24, 2.45) is 22.2 Å². The Morgan fingerprint density at radius 3 is 1.77 bits per heavy atom. The van der Waals surface area contributed by atoms with Gasteiger partial charge < -0.3 is 69.1 Å². The number of nitrogens with two attached hydrogens (primary N) is 3. The van der Waals surface area contributed by atoms with Crippen LogP contribution in [0.3, 0.4) is 0 Å². The average Bonchev–Trinajstić information content (AvgIpc) is 3.56. The zero-order chi connectivity index (χ0) is 40.4. The second-order valence-electron chi connectivity index (χ2n) is 12.3. The topological polar surface area (TPSA) is 388 Å². The van der Waals surface area contributed by atoms with Gasteiger partial charge in [-0.25, -0.2) is 4.79 Å². The maximum atomic E-state index is 13.4. The third-order valence-electron chi connectivity index (χ3n) is 7.85. The number of aliphatic hydroxyl groups excluding tert-OH is 1. The lowest BCUT2D eigenvalue weighted by Crippen LogP contribution is -2.59. The molecule has 23 nitrogen and oxygen atoms in total. The number of carbonyl (C=O) groups excluding carboxylic acids is 6. The van der Waals surface area contributed by atoms with Crippen LogP contribution in [0.25, 0.3) is 0 Å². The monoisotopic (exact) mass is 758 g/mol. The van der Waals surface area contributed by atoms with Crippen LogP contribution in [-0.4, -0.2) is 147 Å². The fourth-order valence-corrected chi connectivity index (χ4v) is 5.13. The number of carboxylic acid groups (broad SMARTS) is 3. The summed E-state index contributed by atoms with van der Waals surface area (Å²) < 4.78 is 0. The van der Waals surface area contributed by atoms with Gasteiger partial charge >= 0.3 is 17.9 Å². The quantitative estimate of drug-likeness (QED) is 0.0263. The van der Waals surface area contributed by atoms with Crippen LogP contribution in [-0.2, 0) is 43.2 Å². The van der Waals surface area contributed by atoms with Gasteiger partial charge in [-0.3, -0.25) is 43.3 Å². The summed E-state index contributed by atoms with van der Waals surface area (Å²) in [6, 6.07) is -8.33. The molecule has 1 heterocycles. The van der Waals surface area contributed by atoms with Crippen molar-refractivity contribution in [1.29, 1.82) is 0 Å². The highest BCUT2D eigenvalue weighted by molar-refractivity contribution is 5.96. The molecule has 0 radical (unpaired) electrons. The highest BCUT2D eigenvalue weighted by Gasteiger charge is 2.36. The SMILES string of the molecule is CC(N)C(=O)N1CCCC1C(=O)NCC(=O)NC(CCC(=O)O)C(=O)NC(CCC(=O)O)C(=O)NC(CCCN=C(N)N)C(=O)NC(C(=O)O)C(C)O. The summed E-state index contributed by atoms with van der Waals surface area (Å²) in [4.78, 5) is 117. The van der Waals surface area contributed by atoms with Gasteiger partial charge in [-0.15, -0.1) is 0 Å². The van der Waals surface area contributed by atoms with Crippen molar-refractivity contribution in [3.8, 4) is 0 Å². The number of amides is 6. The van der Waals surface area contributed by atoms with Gasteiger partial charge in [0.2, 0.25) is 35.4 Å². The molecule has 0 aromatic heterocycles. The molecule has 1 fully saturated rings. The van der Waals surface area contributed by atoms with E-state index in [1.807, 2.05) is 0 Å². The smallest absolute Gasteiger partial charge is 0.328 e. The Hall–Kier alpha value is -5.58. The molecule has 0 bridgehead atoms. The van der Waals surface area contributed by atoms with Gasteiger partial charge in [0.05, 0.1) is 18.7 Å². The van der Waals surface area contributed by atoms with Gasteiger partial charge in [0.15, 0.2) is 12.0 Å². The summed E-state index contributed by atoms with van der Waals surface area (Å²) in [6.07, 6.45) is -3.21. The molecule has 0 aliphatic carbocycles. The molecular formula is C30H50N10O13. The standard InChI is InChI=1S/C30H50N10O13/c1-14(31)28(51)40-12-4-6-19(40)27(50)35-13-20(42)36-17(7-9-21(43)44)24(47)38-18(8-10-22(45)46)25(48)37-16(5-3-11-34-30(32)33)26(49)39-23(15(2)41)29(52)53/h14-19,23,41H,3-13,31H2,1-2H3,(H,35,50)(H,36,42)(H,37,48)(H,38,47)(H,39,49)(H,43,44)(H,45,46)(H,52,53)(H4,32,33,34). The zero-order valence-corrected chi connectivity index (χ0v) is 29.4. The van der Waals surface area contributed by atoms with Gasteiger partial charge in [-0.2, -0.15) is 0 Å². The summed E-state index contributed by atoms with van der Waals surface area (Å²) in [5.74, 6) is -9.93. The number of hydrogen-bond acceptors (Lipinski definition) is 12. The molecule has 0 spiro atoms. The number of nitrogens with one attached hydrogen (secondary N) is 5. The van der Waals surface area contributed by atoms with Crippen molar-refractivity contribution in [3.63, 3.8) is 0 Å². The minimum Gasteiger partial charge on any atom is -0.481 e. The van der Waals surface area contributed by atoms with Gasteiger partial charge in [0, 0.05) is 25.9 Å². The Bertz CT molecular complexity index is 1390. The predicted octanol–water partition coefficient (Wildman–Crippen LogP) is -5.37. The van der Waals surface area contributed by atoms with Gasteiger partial charge in [0.1, 0.15) is 24.2 Å². The van der Waals surface area contributed by atoms with E-state index in [2.05, 4.69) is 31.6 Å². The summed E-state index contributed by atoms with van der Waals surface area (Å²) in [7, 11) is 0. The van der Waals surface area contributed by atoms with Crippen molar-refractivity contribution in [2.45, 2.75) is 108 Å². The van der Waals surface area contributed by atoms with E-state index in [4.69, 9.17) is 17.2 Å². The lowest BCUT2D eigenvalue weighted by Gasteiger charge is -2.26. The molecule has 0 saturated carbocycles. The van der Waals surface area contributed by atoms with E-state index in [-0.39, 0.29) is 31.9 Å². The zero-order valence-electron chi connectivity index (χ0n) is 29.4. The number of likely N-dealkylation sites (tertiary alicyclic amines) is 1. The minimum atomic E-state index is -1.78. The molecule has 0 aromatic rings. The van der Waals surface area contributed by atoms with E-state index < -0.39 is 128 Å². The van der Waals surface area contributed by atoms with E-state index in [1.54, 1.807) is 0 Å². The van der Waals surface area contributed by atoms with Crippen LogP contribution >= 0.6 is 0 Å². The first kappa shape index (κ1) is 45.4. The number of aliphatic imine (C=N–C) groups is 1. The minimum absolute atomic E-state index is 0.0186. The normalized spacial score (nSPS) is 17.1. The highest BCUT2D eigenvalue weighted by Crippen LogP contribution is 2.18.